The van der Waals surface area contributed by atoms with Crippen LogP contribution in [0.1, 0.15) is 6.92 Å². The van der Waals surface area contributed by atoms with Crippen molar-refractivity contribution in [3.63, 3.8) is 0 Å². The first kappa shape index (κ1) is 6.37. The minimum absolute atomic E-state index is 0.389. The molecule has 0 N–H and O–H groups in total. The van der Waals surface area contributed by atoms with E-state index in [1.807, 2.05) is 0 Å². The van der Waals surface area contributed by atoms with Crippen LogP contribution in [0.15, 0.2) is 0 Å². The SMILES string of the molecule is CC1CN(C)CC1Cl. The molecule has 1 aliphatic heterocycles. The van der Waals surface area contributed by atoms with E-state index in [4.69, 9.17) is 11.6 Å². The lowest BCUT2D eigenvalue weighted by Gasteiger charge is -2.02. The van der Waals surface area contributed by atoms with Crippen LogP contribution in [0.4, 0.5) is 0 Å². The monoisotopic (exact) mass is 133 g/mol. The fourth-order valence-corrected chi connectivity index (χ4v) is 1.47. The van der Waals surface area contributed by atoms with Crippen LogP contribution in [-0.2, 0) is 0 Å². The van der Waals surface area contributed by atoms with Crippen LogP contribution in [0.25, 0.3) is 0 Å². The Bertz CT molecular complexity index is 74.6. The maximum atomic E-state index is 5.92. The van der Waals surface area contributed by atoms with Gasteiger partial charge in [0.15, 0.2) is 0 Å². The maximum absolute atomic E-state index is 5.92. The molecule has 0 amide bonds. The van der Waals surface area contributed by atoms with Crippen molar-refractivity contribution in [2.24, 2.45) is 5.92 Å². The lowest BCUT2D eigenvalue weighted by Crippen LogP contribution is -2.13. The van der Waals surface area contributed by atoms with Crippen LogP contribution in [0.3, 0.4) is 0 Å². The molecule has 1 fully saturated rings. The van der Waals surface area contributed by atoms with E-state index >= 15 is 0 Å². The summed E-state index contributed by atoms with van der Waals surface area (Å²) in [7, 11) is 2.11. The second-order valence-electron chi connectivity index (χ2n) is 2.71. The van der Waals surface area contributed by atoms with E-state index in [1.165, 1.54) is 0 Å². The molecule has 1 heterocycles. The normalized spacial score (nSPS) is 40.9. The molecule has 1 aliphatic rings. The quantitative estimate of drug-likeness (QED) is 0.449. The summed E-state index contributed by atoms with van der Waals surface area (Å²) in [5.74, 6) is 0.682. The van der Waals surface area contributed by atoms with Crippen molar-refractivity contribution in [3.8, 4) is 0 Å². The lowest BCUT2D eigenvalue weighted by atomic mass is 10.2. The van der Waals surface area contributed by atoms with E-state index in [9.17, 15) is 0 Å². The number of hydrogen-bond donors (Lipinski definition) is 0. The molecule has 1 nitrogen and oxygen atoms in total. The number of nitrogens with zero attached hydrogens (tertiary/aromatic N) is 1. The molecule has 0 aromatic heterocycles. The Kier molecular flexibility index (Phi) is 1.78. The van der Waals surface area contributed by atoms with Gasteiger partial charge in [0.25, 0.3) is 0 Å². The molecule has 0 saturated carbocycles. The van der Waals surface area contributed by atoms with Gasteiger partial charge < -0.3 is 4.90 Å². The highest BCUT2D eigenvalue weighted by Gasteiger charge is 2.24. The molecule has 0 radical (unpaired) electrons. The smallest absolute Gasteiger partial charge is 0.0500 e. The fourth-order valence-electron chi connectivity index (χ4n) is 1.16. The summed E-state index contributed by atoms with van der Waals surface area (Å²) in [4.78, 5) is 2.27. The zero-order valence-electron chi connectivity index (χ0n) is 5.39. The summed E-state index contributed by atoms with van der Waals surface area (Å²) in [5, 5.41) is 0.389. The number of hydrogen-bond acceptors (Lipinski definition) is 1. The first-order valence-electron chi connectivity index (χ1n) is 3.03. The summed E-state index contributed by atoms with van der Waals surface area (Å²) in [5.41, 5.74) is 0. The Balaban J connectivity index is 2.39. The molecule has 1 saturated heterocycles. The highest BCUT2D eigenvalue weighted by molar-refractivity contribution is 6.21. The molecule has 48 valence electrons. The Morgan fingerprint density at radius 2 is 2.12 bits per heavy atom. The predicted octanol–water partition coefficient (Wildman–Crippen LogP) is 1.18. The van der Waals surface area contributed by atoms with E-state index in [0.717, 1.165) is 13.1 Å². The van der Waals surface area contributed by atoms with Crippen LogP contribution in [-0.4, -0.2) is 30.4 Å². The van der Waals surface area contributed by atoms with E-state index in [0.29, 0.717) is 11.3 Å². The molecule has 2 heteroatoms. The fraction of sp³-hybridized carbons (Fsp3) is 1.00. The molecule has 0 aromatic rings. The Hall–Kier alpha value is 0.250. The van der Waals surface area contributed by atoms with Gasteiger partial charge in [0.1, 0.15) is 0 Å². The van der Waals surface area contributed by atoms with Gasteiger partial charge in [0.05, 0.1) is 5.38 Å². The van der Waals surface area contributed by atoms with Crippen LogP contribution in [0.5, 0.6) is 0 Å². The average molecular weight is 134 g/mol. The van der Waals surface area contributed by atoms with Crippen LogP contribution >= 0.6 is 11.6 Å². The van der Waals surface area contributed by atoms with Gasteiger partial charge in [0.2, 0.25) is 0 Å². The Morgan fingerprint density at radius 3 is 2.25 bits per heavy atom. The van der Waals surface area contributed by atoms with Crippen molar-refractivity contribution in [2.45, 2.75) is 12.3 Å². The average Bonchev–Trinajstić information content (AvgIpc) is 1.85. The van der Waals surface area contributed by atoms with Crippen molar-refractivity contribution < 1.29 is 0 Å². The van der Waals surface area contributed by atoms with E-state index in [2.05, 4.69) is 18.9 Å². The molecule has 0 spiro atoms. The molecule has 0 aromatic carbocycles. The summed E-state index contributed by atoms with van der Waals surface area (Å²) in [6, 6.07) is 0. The third-order valence-electron chi connectivity index (χ3n) is 1.70. The van der Waals surface area contributed by atoms with Gasteiger partial charge in [-0.1, -0.05) is 6.92 Å². The largest absolute Gasteiger partial charge is 0.305 e. The zero-order chi connectivity index (χ0) is 6.15. The minimum Gasteiger partial charge on any atom is -0.305 e. The van der Waals surface area contributed by atoms with Crippen molar-refractivity contribution >= 4 is 11.6 Å². The van der Waals surface area contributed by atoms with Gasteiger partial charge in [-0.3, -0.25) is 0 Å². The summed E-state index contributed by atoms with van der Waals surface area (Å²) in [6.07, 6.45) is 0. The van der Waals surface area contributed by atoms with Gasteiger partial charge in [-0.15, -0.1) is 11.6 Å². The summed E-state index contributed by atoms with van der Waals surface area (Å²) in [6.45, 7) is 4.41. The van der Waals surface area contributed by atoms with Gasteiger partial charge in [0, 0.05) is 13.1 Å². The third kappa shape index (κ3) is 1.15. The summed E-state index contributed by atoms with van der Waals surface area (Å²) >= 11 is 5.92. The molecule has 0 bridgehead atoms. The zero-order valence-corrected chi connectivity index (χ0v) is 6.15. The Labute approximate surface area is 55.6 Å². The Morgan fingerprint density at radius 1 is 1.50 bits per heavy atom. The number of alkyl halides is 1. The van der Waals surface area contributed by atoms with Crippen molar-refractivity contribution in [1.82, 2.24) is 4.90 Å². The number of rotatable bonds is 0. The van der Waals surface area contributed by atoms with Crippen molar-refractivity contribution in [3.05, 3.63) is 0 Å². The third-order valence-corrected chi connectivity index (χ3v) is 2.27. The van der Waals surface area contributed by atoms with Crippen LogP contribution in [0, 0.1) is 5.92 Å². The first-order valence-corrected chi connectivity index (χ1v) is 3.46. The number of halogens is 1. The summed E-state index contributed by atoms with van der Waals surface area (Å²) < 4.78 is 0. The maximum Gasteiger partial charge on any atom is 0.0500 e. The molecule has 1 rings (SSSR count). The van der Waals surface area contributed by atoms with Gasteiger partial charge in [-0.05, 0) is 13.0 Å². The standard InChI is InChI=1S/C6H12ClN/c1-5-3-8(2)4-6(5)7/h5-6H,3-4H2,1-2H3. The predicted molar refractivity (Wildman–Crippen MR) is 36.3 cm³/mol. The minimum atomic E-state index is 0.389. The molecule has 2 atom stereocenters. The van der Waals surface area contributed by atoms with Crippen molar-refractivity contribution in [2.75, 3.05) is 20.1 Å². The van der Waals surface area contributed by atoms with Crippen LogP contribution in [0.2, 0.25) is 0 Å². The van der Waals surface area contributed by atoms with E-state index in [1.54, 1.807) is 0 Å². The second kappa shape index (κ2) is 2.24. The second-order valence-corrected chi connectivity index (χ2v) is 3.28. The van der Waals surface area contributed by atoms with Crippen LogP contribution < -0.4 is 0 Å². The number of likely N-dealkylation sites (tertiary alicyclic amines) is 1. The lowest BCUT2D eigenvalue weighted by molar-refractivity contribution is 0.402. The van der Waals surface area contributed by atoms with E-state index in [-0.39, 0.29) is 0 Å². The molecule has 8 heavy (non-hydrogen) atoms. The van der Waals surface area contributed by atoms with E-state index < -0.39 is 0 Å². The van der Waals surface area contributed by atoms with Crippen molar-refractivity contribution in [1.29, 1.82) is 0 Å². The molecular formula is C6H12ClN. The highest BCUT2D eigenvalue weighted by Crippen LogP contribution is 2.18. The molecule has 0 aliphatic carbocycles. The first-order chi connectivity index (χ1) is 3.70. The molecule has 2 unspecified atom stereocenters. The van der Waals surface area contributed by atoms with Gasteiger partial charge in [-0.2, -0.15) is 0 Å². The van der Waals surface area contributed by atoms with Gasteiger partial charge in [-0.25, -0.2) is 0 Å². The van der Waals surface area contributed by atoms with Gasteiger partial charge >= 0.3 is 0 Å². The highest BCUT2D eigenvalue weighted by atomic mass is 35.5. The molecular weight excluding hydrogens is 122 g/mol. The topological polar surface area (TPSA) is 3.24 Å².